The maximum Gasteiger partial charge on any atom is 0.230 e. The monoisotopic (exact) mass is 344 g/mol. The maximum absolute atomic E-state index is 9.48. The molecule has 2 rings (SSSR count). The van der Waals surface area contributed by atoms with Crippen molar-refractivity contribution in [1.29, 1.82) is 0 Å². The Morgan fingerprint density at radius 2 is 1.84 bits per heavy atom. The van der Waals surface area contributed by atoms with Gasteiger partial charge in [0.05, 0.1) is 19.2 Å². The molecule has 0 spiro atoms. The molecule has 25 heavy (non-hydrogen) atoms. The molecule has 0 saturated carbocycles. The number of aromatic nitrogens is 1. The summed E-state index contributed by atoms with van der Waals surface area (Å²) in [5.74, 6) is 2.05. The van der Waals surface area contributed by atoms with Gasteiger partial charge in [-0.05, 0) is 57.4 Å². The molecule has 134 valence electrons. The highest BCUT2D eigenvalue weighted by Gasteiger charge is 2.13. The van der Waals surface area contributed by atoms with Crippen LogP contribution in [0.4, 0.5) is 0 Å². The average Bonchev–Trinajstić information content (AvgIpc) is 2.60. The van der Waals surface area contributed by atoms with Crippen molar-refractivity contribution in [3.05, 3.63) is 47.7 Å². The first kappa shape index (κ1) is 18.7. The van der Waals surface area contributed by atoms with Crippen LogP contribution in [0.15, 0.2) is 41.4 Å². The third-order valence-electron chi connectivity index (χ3n) is 3.45. The average molecular weight is 344 g/mol. The highest BCUT2D eigenvalue weighted by Crippen LogP contribution is 2.25. The Kier molecular flexibility index (Phi) is 6.73. The summed E-state index contributed by atoms with van der Waals surface area (Å²) in [6, 6.07) is 10.9. The van der Waals surface area contributed by atoms with Crippen molar-refractivity contribution in [2.24, 2.45) is 4.99 Å². The van der Waals surface area contributed by atoms with Crippen LogP contribution in [0.25, 0.3) is 0 Å². The van der Waals surface area contributed by atoms with Crippen LogP contribution in [-0.2, 0) is 0 Å². The highest BCUT2D eigenvalue weighted by molar-refractivity contribution is 6.00. The van der Waals surface area contributed by atoms with E-state index in [2.05, 4.69) is 15.5 Å². The van der Waals surface area contributed by atoms with Crippen molar-refractivity contribution < 1.29 is 14.7 Å². The van der Waals surface area contributed by atoms with Crippen molar-refractivity contribution in [3.63, 3.8) is 0 Å². The standard InChI is InChI=1S/C18H24N4O3/c1-13-5-10-16(17(21-23)19-11-12-22(2)3)18(20-13)25-15-8-6-14(24-4)7-9-15/h5-10,23H,11-12H2,1-4H3,(H,19,21). The van der Waals surface area contributed by atoms with Crippen molar-refractivity contribution in [2.45, 2.75) is 6.92 Å². The molecule has 7 nitrogen and oxygen atoms in total. The zero-order valence-electron chi connectivity index (χ0n) is 15.0. The van der Waals surface area contributed by atoms with E-state index >= 15 is 0 Å². The third-order valence-corrected chi connectivity index (χ3v) is 3.45. The lowest BCUT2D eigenvalue weighted by molar-refractivity contribution is 0.234. The zero-order valence-corrected chi connectivity index (χ0v) is 15.0. The van der Waals surface area contributed by atoms with Gasteiger partial charge in [0.1, 0.15) is 11.5 Å². The molecule has 1 aromatic carbocycles. The summed E-state index contributed by atoms with van der Waals surface area (Å²) >= 11 is 0. The number of hydrogen-bond acceptors (Lipinski definition) is 6. The second-order valence-corrected chi connectivity index (χ2v) is 5.73. The molecule has 0 aliphatic rings. The third kappa shape index (κ3) is 5.44. The molecule has 0 aliphatic heterocycles. The number of rotatable bonds is 7. The minimum absolute atomic E-state index is 0.317. The number of amidine groups is 1. The molecule has 0 unspecified atom stereocenters. The fourth-order valence-electron chi connectivity index (χ4n) is 2.09. The summed E-state index contributed by atoms with van der Waals surface area (Å²) in [4.78, 5) is 10.8. The van der Waals surface area contributed by atoms with Gasteiger partial charge in [-0.3, -0.25) is 15.7 Å². The van der Waals surface area contributed by atoms with Gasteiger partial charge in [0.25, 0.3) is 0 Å². The lowest BCUT2D eigenvalue weighted by Crippen LogP contribution is -2.24. The van der Waals surface area contributed by atoms with Crippen molar-refractivity contribution in [3.8, 4) is 17.4 Å². The van der Waals surface area contributed by atoms with Gasteiger partial charge < -0.3 is 14.4 Å². The predicted octanol–water partition coefficient (Wildman–Crippen LogP) is 2.48. The summed E-state index contributed by atoms with van der Waals surface area (Å²) in [7, 11) is 5.54. The Labute approximate surface area is 147 Å². The first-order chi connectivity index (χ1) is 12.0. The van der Waals surface area contributed by atoms with Crippen LogP contribution >= 0.6 is 0 Å². The van der Waals surface area contributed by atoms with Crippen LogP contribution in [-0.4, -0.2) is 55.2 Å². The minimum Gasteiger partial charge on any atom is -0.497 e. The highest BCUT2D eigenvalue weighted by atomic mass is 16.5. The number of aliphatic imine (C=N–C) groups is 1. The number of likely N-dealkylation sites (N-methyl/N-ethyl adjacent to an activating group) is 1. The Morgan fingerprint density at radius 1 is 1.16 bits per heavy atom. The molecule has 0 aliphatic carbocycles. The van der Waals surface area contributed by atoms with Crippen molar-refractivity contribution in [1.82, 2.24) is 15.4 Å². The molecular formula is C18H24N4O3. The molecule has 0 saturated heterocycles. The van der Waals surface area contributed by atoms with E-state index in [1.54, 1.807) is 31.4 Å². The molecule has 2 N–H and O–H groups in total. The van der Waals surface area contributed by atoms with E-state index in [-0.39, 0.29) is 0 Å². The van der Waals surface area contributed by atoms with Gasteiger partial charge in [-0.15, -0.1) is 0 Å². The van der Waals surface area contributed by atoms with Gasteiger partial charge in [-0.2, -0.15) is 0 Å². The molecule has 0 bridgehead atoms. The Morgan fingerprint density at radius 3 is 2.44 bits per heavy atom. The topological polar surface area (TPSA) is 79.2 Å². The number of pyridine rings is 1. The smallest absolute Gasteiger partial charge is 0.230 e. The number of aryl methyl sites for hydroxylation is 1. The summed E-state index contributed by atoms with van der Waals surface area (Å²) in [5, 5.41) is 9.48. The summed E-state index contributed by atoms with van der Waals surface area (Å²) in [6.07, 6.45) is 0. The van der Waals surface area contributed by atoms with Gasteiger partial charge >= 0.3 is 0 Å². The van der Waals surface area contributed by atoms with Crippen LogP contribution in [0, 0.1) is 6.92 Å². The molecule has 0 radical (unpaired) electrons. The molecule has 2 aromatic rings. The lowest BCUT2D eigenvalue weighted by Gasteiger charge is -2.13. The number of hydrogen-bond donors (Lipinski definition) is 2. The molecule has 0 fully saturated rings. The molecule has 0 atom stereocenters. The number of nitrogens with one attached hydrogen (secondary N) is 1. The summed E-state index contributed by atoms with van der Waals surface area (Å²) < 4.78 is 11.0. The fraction of sp³-hybridized carbons (Fsp3) is 0.333. The van der Waals surface area contributed by atoms with Crippen LogP contribution < -0.4 is 15.0 Å². The minimum atomic E-state index is 0.317. The van der Waals surface area contributed by atoms with Gasteiger partial charge in [0.15, 0.2) is 5.84 Å². The van der Waals surface area contributed by atoms with E-state index in [0.29, 0.717) is 29.6 Å². The largest absolute Gasteiger partial charge is 0.497 e. The second-order valence-electron chi connectivity index (χ2n) is 5.73. The number of methoxy groups -OCH3 is 1. The van der Waals surface area contributed by atoms with Crippen molar-refractivity contribution in [2.75, 3.05) is 34.3 Å². The van der Waals surface area contributed by atoms with Crippen LogP contribution in [0.5, 0.6) is 17.4 Å². The number of nitrogens with zero attached hydrogens (tertiary/aromatic N) is 3. The molecule has 1 heterocycles. The molecule has 0 amide bonds. The first-order valence-corrected chi connectivity index (χ1v) is 7.92. The van der Waals surface area contributed by atoms with E-state index in [1.807, 2.05) is 38.1 Å². The Hall–Kier alpha value is -2.64. The second kappa shape index (κ2) is 9.00. The van der Waals surface area contributed by atoms with E-state index in [0.717, 1.165) is 18.0 Å². The van der Waals surface area contributed by atoms with Gasteiger partial charge in [0, 0.05) is 12.2 Å². The summed E-state index contributed by atoms with van der Waals surface area (Å²) in [6.45, 7) is 3.17. The van der Waals surface area contributed by atoms with Gasteiger partial charge in [0.2, 0.25) is 5.88 Å². The molecule has 7 heteroatoms. The van der Waals surface area contributed by atoms with Crippen LogP contribution in [0.3, 0.4) is 0 Å². The van der Waals surface area contributed by atoms with Crippen molar-refractivity contribution >= 4 is 5.84 Å². The Bertz CT molecular complexity index is 715. The number of hydroxylamine groups is 1. The fourth-order valence-corrected chi connectivity index (χ4v) is 2.09. The zero-order chi connectivity index (χ0) is 18.2. The quantitative estimate of drug-likeness (QED) is 0.456. The van der Waals surface area contributed by atoms with E-state index in [1.165, 1.54) is 0 Å². The molecular weight excluding hydrogens is 320 g/mol. The number of ether oxygens (including phenoxy) is 2. The van der Waals surface area contributed by atoms with E-state index in [9.17, 15) is 5.21 Å². The van der Waals surface area contributed by atoms with Gasteiger partial charge in [-0.25, -0.2) is 4.98 Å². The SMILES string of the molecule is COc1ccc(Oc2nc(C)ccc2C(=NCCN(C)C)NO)cc1. The maximum atomic E-state index is 9.48. The Balaban J connectivity index is 2.28. The van der Waals surface area contributed by atoms with E-state index < -0.39 is 0 Å². The first-order valence-electron chi connectivity index (χ1n) is 7.92. The number of benzene rings is 1. The van der Waals surface area contributed by atoms with Gasteiger partial charge in [-0.1, -0.05) is 0 Å². The van der Waals surface area contributed by atoms with Crippen LogP contribution in [0.2, 0.25) is 0 Å². The lowest BCUT2D eigenvalue weighted by atomic mass is 10.2. The normalized spacial score (nSPS) is 11.5. The summed E-state index contributed by atoms with van der Waals surface area (Å²) in [5.41, 5.74) is 3.54. The molecule has 1 aromatic heterocycles. The van der Waals surface area contributed by atoms with Crippen LogP contribution in [0.1, 0.15) is 11.3 Å². The van der Waals surface area contributed by atoms with E-state index in [4.69, 9.17) is 9.47 Å². The predicted molar refractivity (Wildman–Crippen MR) is 96.9 cm³/mol.